The Kier molecular flexibility index (Phi) is 3.67. The molecule has 2 nitrogen and oxygen atoms in total. The first-order valence-electron chi connectivity index (χ1n) is 7.41. The van der Waals surface area contributed by atoms with Crippen molar-refractivity contribution in [2.24, 2.45) is 0 Å². The lowest BCUT2D eigenvalue weighted by Gasteiger charge is -2.33. The molecule has 0 amide bonds. The zero-order valence-electron chi connectivity index (χ0n) is 11.4. The Morgan fingerprint density at radius 3 is 2.56 bits per heavy atom. The van der Waals surface area contributed by atoms with Crippen LogP contribution in [0.1, 0.15) is 42.5 Å². The van der Waals surface area contributed by atoms with Gasteiger partial charge in [-0.15, -0.1) is 0 Å². The van der Waals surface area contributed by atoms with Crippen molar-refractivity contribution in [1.82, 2.24) is 10.2 Å². The zero-order valence-corrected chi connectivity index (χ0v) is 11.4. The van der Waals surface area contributed by atoms with Gasteiger partial charge >= 0.3 is 0 Å². The summed E-state index contributed by atoms with van der Waals surface area (Å²) in [7, 11) is 0. The first kappa shape index (κ1) is 12.2. The van der Waals surface area contributed by atoms with Crippen LogP contribution in [-0.4, -0.2) is 31.1 Å². The van der Waals surface area contributed by atoms with E-state index in [1.54, 1.807) is 11.1 Å². The Labute approximate surface area is 110 Å². The third-order valence-corrected chi connectivity index (χ3v) is 4.55. The number of rotatable bonds is 2. The molecule has 1 heterocycles. The summed E-state index contributed by atoms with van der Waals surface area (Å²) in [5.41, 5.74) is 4.72. The summed E-state index contributed by atoms with van der Waals surface area (Å²) in [5.74, 6) is 0. The highest BCUT2D eigenvalue weighted by molar-refractivity contribution is 5.35. The molecule has 1 aliphatic carbocycles. The van der Waals surface area contributed by atoms with E-state index < -0.39 is 0 Å². The van der Waals surface area contributed by atoms with E-state index in [1.807, 2.05) is 0 Å². The van der Waals surface area contributed by atoms with Gasteiger partial charge in [0.15, 0.2) is 0 Å². The minimum absolute atomic E-state index is 0.569. The topological polar surface area (TPSA) is 15.3 Å². The number of aryl methyl sites for hydroxylation is 2. The largest absolute Gasteiger partial charge is 0.314 e. The highest BCUT2D eigenvalue weighted by Gasteiger charge is 2.19. The SMILES string of the molecule is CC(c1ccc2c(c1)CCCC2)N1CCNCC1. The van der Waals surface area contributed by atoms with Crippen molar-refractivity contribution in [1.29, 1.82) is 0 Å². The average molecular weight is 244 g/mol. The Hall–Kier alpha value is -0.860. The summed E-state index contributed by atoms with van der Waals surface area (Å²) in [6, 6.07) is 7.78. The Morgan fingerprint density at radius 1 is 1.06 bits per heavy atom. The van der Waals surface area contributed by atoms with E-state index in [-0.39, 0.29) is 0 Å². The molecule has 1 fully saturated rings. The first-order chi connectivity index (χ1) is 8.84. The predicted molar refractivity (Wildman–Crippen MR) is 75.9 cm³/mol. The molecular weight excluding hydrogens is 220 g/mol. The molecule has 1 aromatic rings. The predicted octanol–water partition coefficient (Wildman–Crippen LogP) is 2.53. The standard InChI is InChI=1S/C16H24N2/c1-13(18-10-8-17-9-11-18)15-7-6-14-4-2-3-5-16(14)12-15/h6-7,12-13,17H,2-5,8-11H2,1H3. The molecule has 1 saturated heterocycles. The number of nitrogens with zero attached hydrogens (tertiary/aromatic N) is 1. The molecule has 0 radical (unpaired) electrons. The van der Waals surface area contributed by atoms with Gasteiger partial charge in [-0.3, -0.25) is 4.90 Å². The molecule has 98 valence electrons. The van der Waals surface area contributed by atoms with E-state index in [2.05, 4.69) is 35.3 Å². The first-order valence-corrected chi connectivity index (χ1v) is 7.41. The van der Waals surface area contributed by atoms with Crippen LogP contribution in [0.3, 0.4) is 0 Å². The minimum atomic E-state index is 0.569. The van der Waals surface area contributed by atoms with Crippen molar-refractivity contribution in [2.45, 2.75) is 38.6 Å². The Balaban J connectivity index is 1.78. The van der Waals surface area contributed by atoms with E-state index in [0.717, 1.165) is 13.1 Å². The number of benzene rings is 1. The lowest BCUT2D eigenvalue weighted by Crippen LogP contribution is -2.44. The molecule has 0 spiro atoms. The lowest BCUT2D eigenvalue weighted by atomic mass is 9.89. The van der Waals surface area contributed by atoms with Crippen LogP contribution in [0.4, 0.5) is 0 Å². The second kappa shape index (κ2) is 5.41. The van der Waals surface area contributed by atoms with Crippen LogP contribution in [0.2, 0.25) is 0 Å². The van der Waals surface area contributed by atoms with Crippen molar-refractivity contribution in [3.05, 3.63) is 34.9 Å². The van der Waals surface area contributed by atoms with Crippen LogP contribution < -0.4 is 5.32 Å². The third-order valence-electron chi connectivity index (χ3n) is 4.55. The average Bonchev–Trinajstić information content (AvgIpc) is 2.47. The van der Waals surface area contributed by atoms with Crippen LogP contribution in [-0.2, 0) is 12.8 Å². The second-order valence-corrected chi connectivity index (χ2v) is 5.70. The second-order valence-electron chi connectivity index (χ2n) is 5.70. The highest BCUT2D eigenvalue weighted by Crippen LogP contribution is 2.27. The molecular formula is C16H24N2. The van der Waals surface area contributed by atoms with Gasteiger partial charge in [-0.1, -0.05) is 18.2 Å². The third kappa shape index (κ3) is 2.45. The van der Waals surface area contributed by atoms with Crippen LogP contribution in [0.15, 0.2) is 18.2 Å². The minimum Gasteiger partial charge on any atom is -0.314 e. The normalized spacial score (nSPS) is 22.5. The molecule has 0 aromatic heterocycles. The van der Waals surface area contributed by atoms with E-state index in [1.165, 1.54) is 44.3 Å². The lowest BCUT2D eigenvalue weighted by molar-refractivity contribution is 0.185. The fraction of sp³-hybridized carbons (Fsp3) is 0.625. The summed E-state index contributed by atoms with van der Waals surface area (Å²) in [4.78, 5) is 2.60. The van der Waals surface area contributed by atoms with Gasteiger partial charge in [0.25, 0.3) is 0 Å². The summed E-state index contributed by atoms with van der Waals surface area (Å²) in [6.07, 6.45) is 5.33. The van der Waals surface area contributed by atoms with Gasteiger partial charge in [-0.25, -0.2) is 0 Å². The van der Waals surface area contributed by atoms with Gasteiger partial charge < -0.3 is 5.32 Å². The molecule has 18 heavy (non-hydrogen) atoms. The molecule has 1 N–H and O–H groups in total. The van der Waals surface area contributed by atoms with Gasteiger partial charge in [0.2, 0.25) is 0 Å². The van der Waals surface area contributed by atoms with Gasteiger partial charge in [0, 0.05) is 32.2 Å². The molecule has 1 unspecified atom stereocenters. The van der Waals surface area contributed by atoms with Crippen LogP contribution in [0.25, 0.3) is 0 Å². The summed E-state index contributed by atoms with van der Waals surface area (Å²) < 4.78 is 0. The number of fused-ring (bicyclic) bond motifs is 1. The molecule has 1 atom stereocenters. The maximum atomic E-state index is 3.43. The number of nitrogens with one attached hydrogen (secondary N) is 1. The highest BCUT2D eigenvalue weighted by atomic mass is 15.2. The number of hydrogen-bond acceptors (Lipinski definition) is 2. The quantitative estimate of drug-likeness (QED) is 0.860. The van der Waals surface area contributed by atoms with Crippen molar-refractivity contribution in [3.8, 4) is 0 Å². The van der Waals surface area contributed by atoms with Crippen LogP contribution >= 0.6 is 0 Å². The Bertz CT molecular complexity index is 408. The molecule has 3 rings (SSSR count). The smallest absolute Gasteiger partial charge is 0.0321 e. The monoisotopic (exact) mass is 244 g/mol. The molecule has 1 aromatic carbocycles. The van der Waals surface area contributed by atoms with Crippen LogP contribution in [0.5, 0.6) is 0 Å². The van der Waals surface area contributed by atoms with Gasteiger partial charge in [0.1, 0.15) is 0 Å². The number of piperazine rings is 1. The fourth-order valence-corrected chi connectivity index (χ4v) is 3.29. The van der Waals surface area contributed by atoms with Gasteiger partial charge in [0.05, 0.1) is 0 Å². The Morgan fingerprint density at radius 2 is 1.78 bits per heavy atom. The summed E-state index contributed by atoms with van der Waals surface area (Å²) in [5, 5.41) is 3.43. The van der Waals surface area contributed by atoms with E-state index in [4.69, 9.17) is 0 Å². The molecule has 0 bridgehead atoms. The molecule has 1 aliphatic heterocycles. The van der Waals surface area contributed by atoms with E-state index in [9.17, 15) is 0 Å². The van der Waals surface area contributed by atoms with E-state index >= 15 is 0 Å². The van der Waals surface area contributed by atoms with Gasteiger partial charge in [-0.2, -0.15) is 0 Å². The van der Waals surface area contributed by atoms with Crippen molar-refractivity contribution in [2.75, 3.05) is 26.2 Å². The van der Waals surface area contributed by atoms with Gasteiger partial charge in [-0.05, 0) is 49.3 Å². The van der Waals surface area contributed by atoms with Crippen LogP contribution in [0, 0.1) is 0 Å². The summed E-state index contributed by atoms with van der Waals surface area (Å²) in [6.45, 7) is 6.98. The number of hydrogen-bond donors (Lipinski definition) is 1. The molecule has 2 aliphatic rings. The van der Waals surface area contributed by atoms with Crippen molar-refractivity contribution >= 4 is 0 Å². The molecule has 0 saturated carbocycles. The molecule has 2 heteroatoms. The zero-order chi connectivity index (χ0) is 12.4. The van der Waals surface area contributed by atoms with E-state index in [0.29, 0.717) is 6.04 Å². The summed E-state index contributed by atoms with van der Waals surface area (Å²) >= 11 is 0. The van der Waals surface area contributed by atoms with Crippen molar-refractivity contribution < 1.29 is 0 Å². The maximum Gasteiger partial charge on any atom is 0.0321 e. The fourth-order valence-electron chi connectivity index (χ4n) is 3.29. The maximum absolute atomic E-state index is 3.43. The van der Waals surface area contributed by atoms with Crippen molar-refractivity contribution in [3.63, 3.8) is 0 Å².